The molecular formula is C19H23N3O4S. The number of aromatic nitrogens is 2. The maximum atomic E-state index is 13.1. The van der Waals surface area contributed by atoms with Gasteiger partial charge in [-0.1, -0.05) is 43.3 Å². The molecule has 2 aliphatic rings. The number of allylic oxidation sites excluding steroid dienone is 1. The summed E-state index contributed by atoms with van der Waals surface area (Å²) in [6, 6.07) is 7.81. The Morgan fingerprint density at radius 3 is 2.78 bits per heavy atom. The first-order chi connectivity index (χ1) is 12.8. The summed E-state index contributed by atoms with van der Waals surface area (Å²) >= 11 is 0. The van der Waals surface area contributed by atoms with Crippen LogP contribution in [-0.4, -0.2) is 41.1 Å². The highest BCUT2D eigenvalue weighted by molar-refractivity contribution is 7.93. The number of hydrogen-bond donors (Lipinski definition) is 1. The minimum absolute atomic E-state index is 0.0693. The van der Waals surface area contributed by atoms with Crippen molar-refractivity contribution in [3.8, 4) is 0 Å². The molecule has 1 aromatic carbocycles. The second kappa shape index (κ2) is 6.54. The minimum atomic E-state index is -3.65. The zero-order valence-electron chi connectivity index (χ0n) is 15.4. The zero-order valence-corrected chi connectivity index (χ0v) is 16.2. The summed E-state index contributed by atoms with van der Waals surface area (Å²) in [5, 5.41) is 14.8. The zero-order chi connectivity index (χ0) is 19.2. The number of hydrogen-bond acceptors (Lipinski definition) is 6. The number of β-amino-alcohol motifs (C(OH)–C–C–N with tert-alkyl or cyclic N) is 1. The Bertz CT molecular complexity index is 996. The largest absolute Gasteiger partial charge is 0.379 e. The van der Waals surface area contributed by atoms with Crippen LogP contribution in [-0.2, 0) is 22.0 Å². The summed E-state index contributed by atoms with van der Waals surface area (Å²) in [5.41, 5.74) is 0.650. The number of sulfonamides is 1. The van der Waals surface area contributed by atoms with E-state index in [4.69, 9.17) is 4.52 Å². The first-order valence-corrected chi connectivity index (χ1v) is 10.6. The lowest BCUT2D eigenvalue weighted by Crippen LogP contribution is -2.35. The molecule has 0 bridgehead atoms. The van der Waals surface area contributed by atoms with Crippen LogP contribution >= 0.6 is 0 Å². The molecule has 1 atom stereocenters. The van der Waals surface area contributed by atoms with Gasteiger partial charge in [0.25, 0.3) is 5.89 Å². The average molecular weight is 389 g/mol. The molecule has 1 fully saturated rings. The Hall–Kier alpha value is -2.03. The monoisotopic (exact) mass is 389 g/mol. The van der Waals surface area contributed by atoms with E-state index >= 15 is 0 Å². The Balaban J connectivity index is 1.58. The third-order valence-corrected chi connectivity index (χ3v) is 7.23. The number of aliphatic hydroxyl groups is 1. The van der Waals surface area contributed by atoms with E-state index in [0.717, 1.165) is 11.1 Å². The van der Waals surface area contributed by atoms with Gasteiger partial charge in [-0.2, -0.15) is 9.29 Å². The van der Waals surface area contributed by atoms with Crippen LogP contribution in [0.5, 0.6) is 0 Å². The normalized spacial score (nSPS) is 23.5. The highest BCUT2D eigenvalue weighted by atomic mass is 32.2. The van der Waals surface area contributed by atoms with E-state index in [9.17, 15) is 13.5 Å². The van der Waals surface area contributed by atoms with Gasteiger partial charge in [0.15, 0.2) is 11.4 Å². The molecule has 27 heavy (non-hydrogen) atoms. The van der Waals surface area contributed by atoms with Crippen LogP contribution in [0, 0.1) is 0 Å². The fourth-order valence-corrected chi connectivity index (χ4v) is 5.26. The molecule has 7 nitrogen and oxygen atoms in total. The molecule has 1 aromatic heterocycles. The minimum Gasteiger partial charge on any atom is -0.379 e. The summed E-state index contributed by atoms with van der Waals surface area (Å²) in [4.78, 5) is 4.65. The van der Waals surface area contributed by atoms with Gasteiger partial charge in [0, 0.05) is 18.9 Å². The molecule has 0 amide bonds. The molecule has 2 heterocycles. The van der Waals surface area contributed by atoms with Gasteiger partial charge in [-0.25, -0.2) is 8.42 Å². The van der Waals surface area contributed by atoms with Gasteiger partial charge in [0.2, 0.25) is 10.0 Å². The maximum Gasteiger partial charge on any atom is 0.260 e. The topological polar surface area (TPSA) is 96.5 Å². The van der Waals surface area contributed by atoms with Gasteiger partial charge in [-0.05, 0) is 30.0 Å². The number of rotatable bonds is 4. The van der Waals surface area contributed by atoms with Crippen molar-refractivity contribution in [2.24, 2.45) is 0 Å². The van der Waals surface area contributed by atoms with Crippen molar-refractivity contribution < 1.29 is 18.0 Å². The van der Waals surface area contributed by atoms with Crippen LogP contribution < -0.4 is 0 Å². The lowest BCUT2D eigenvalue weighted by Gasteiger charge is -2.23. The van der Waals surface area contributed by atoms with E-state index in [-0.39, 0.29) is 31.3 Å². The van der Waals surface area contributed by atoms with Crippen LogP contribution in [0.1, 0.15) is 55.4 Å². The highest BCUT2D eigenvalue weighted by Crippen LogP contribution is 2.36. The van der Waals surface area contributed by atoms with Gasteiger partial charge in [0.05, 0.1) is 11.4 Å². The molecule has 0 spiro atoms. The summed E-state index contributed by atoms with van der Waals surface area (Å²) in [6.07, 6.45) is 3.14. The van der Waals surface area contributed by atoms with Crippen LogP contribution in [0.2, 0.25) is 0 Å². The smallest absolute Gasteiger partial charge is 0.260 e. The predicted molar refractivity (Wildman–Crippen MR) is 100 cm³/mol. The molecule has 144 valence electrons. The first-order valence-electron chi connectivity index (χ1n) is 9.15. The Morgan fingerprint density at radius 1 is 1.26 bits per heavy atom. The first kappa shape index (κ1) is 18.3. The molecule has 0 saturated carbocycles. The summed E-state index contributed by atoms with van der Waals surface area (Å²) in [7, 11) is -3.65. The predicted octanol–water partition coefficient (Wildman–Crippen LogP) is 2.40. The van der Waals surface area contributed by atoms with Crippen molar-refractivity contribution in [1.82, 2.24) is 14.4 Å². The number of nitrogens with zero attached hydrogens (tertiary/aromatic N) is 3. The van der Waals surface area contributed by atoms with E-state index in [1.165, 1.54) is 4.31 Å². The van der Waals surface area contributed by atoms with Crippen molar-refractivity contribution in [3.05, 3.63) is 52.0 Å². The van der Waals surface area contributed by atoms with Crippen molar-refractivity contribution in [2.75, 3.05) is 13.1 Å². The maximum absolute atomic E-state index is 13.1. The molecular weight excluding hydrogens is 366 g/mol. The molecule has 0 unspecified atom stereocenters. The van der Waals surface area contributed by atoms with E-state index in [1.54, 1.807) is 6.08 Å². The van der Waals surface area contributed by atoms with Gasteiger partial charge in [0.1, 0.15) is 0 Å². The summed E-state index contributed by atoms with van der Waals surface area (Å²) < 4.78 is 32.8. The second-order valence-electron chi connectivity index (χ2n) is 7.54. The number of aryl methyl sites for hydroxylation is 1. The van der Waals surface area contributed by atoms with Crippen molar-refractivity contribution in [1.29, 1.82) is 0 Å². The standard InChI is InChI=1S/C19H23N3O4S/c1-13(2)17-20-18(26-21-17)19(23)9-10-22(12-19)27(24,25)16-8-7-14-5-3-4-6-15(14)11-16/h3-6,11,13,23H,7-10,12H2,1-2H3/t19-/m0/s1. The molecule has 8 heteroatoms. The molecule has 2 aromatic rings. The Kier molecular flexibility index (Phi) is 4.44. The fraction of sp³-hybridized carbons (Fsp3) is 0.474. The number of fused-ring (bicyclic) bond motifs is 1. The lowest BCUT2D eigenvalue weighted by atomic mass is 9.98. The Labute approximate surface area is 158 Å². The van der Waals surface area contributed by atoms with Crippen molar-refractivity contribution in [3.63, 3.8) is 0 Å². The molecule has 1 saturated heterocycles. The van der Waals surface area contributed by atoms with Crippen LogP contribution in [0.25, 0.3) is 6.08 Å². The van der Waals surface area contributed by atoms with Crippen molar-refractivity contribution in [2.45, 2.75) is 44.6 Å². The average Bonchev–Trinajstić information content (AvgIpc) is 3.30. The SMILES string of the molecule is CC(C)c1noc([C@]2(O)CCN(S(=O)(=O)C3=Cc4ccccc4CC3)C2)n1. The third kappa shape index (κ3) is 3.22. The number of benzene rings is 1. The van der Waals surface area contributed by atoms with Crippen molar-refractivity contribution >= 4 is 16.1 Å². The molecule has 1 aliphatic heterocycles. The van der Waals surface area contributed by atoms with E-state index in [0.29, 0.717) is 23.6 Å². The Morgan fingerprint density at radius 2 is 2.04 bits per heavy atom. The fourth-order valence-electron chi connectivity index (χ4n) is 3.57. The lowest BCUT2D eigenvalue weighted by molar-refractivity contribution is 0.0194. The molecule has 1 N–H and O–H groups in total. The third-order valence-electron chi connectivity index (χ3n) is 5.25. The quantitative estimate of drug-likeness (QED) is 0.863. The van der Waals surface area contributed by atoms with Crippen LogP contribution in [0.4, 0.5) is 0 Å². The molecule has 4 rings (SSSR count). The van der Waals surface area contributed by atoms with E-state index < -0.39 is 15.6 Å². The summed E-state index contributed by atoms with van der Waals surface area (Å²) in [6.45, 7) is 4.00. The van der Waals surface area contributed by atoms with Crippen LogP contribution in [0.15, 0.2) is 33.7 Å². The molecule has 0 radical (unpaired) electrons. The van der Waals surface area contributed by atoms with Gasteiger partial charge >= 0.3 is 0 Å². The highest BCUT2D eigenvalue weighted by Gasteiger charge is 2.47. The summed E-state index contributed by atoms with van der Waals surface area (Å²) in [5.74, 6) is 0.665. The van der Waals surface area contributed by atoms with Gasteiger partial charge in [-0.15, -0.1) is 0 Å². The van der Waals surface area contributed by atoms with E-state index in [1.807, 2.05) is 38.1 Å². The molecule has 1 aliphatic carbocycles. The van der Waals surface area contributed by atoms with Gasteiger partial charge in [-0.3, -0.25) is 0 Å². The van der Waals surface area contributed by atoms with Gasteiger partial charge < -0.3 is 9.63 Å². The second-order valence-corrected chi connectivity index (χ2v) is 9.53. The van der Waals surface area contributed by atoms with Crippen LogP contribution in [0.3, 0.4) is 0 Å². The van der Waals surface area contributed by atoms with E-state index in [2.05, 4.69) is 10.1 Å².